The molecule has 0 heterocycles. The number of nitrogens with one attached hydrogen (secondary N) is 1. The van der Waals surface area contributed by atoms with Gasteiger partial charge in [0.2, 0.25) is 0 Å². The van der Waals surface area contributed by atoms with E-state index in [1.54, 1.807) is 49.6 Å². The Morgan fingerprint density at radius 3 is 2.69 bits per heavy atom. The maximum Gasteiger partial charge on any atom is 0.331 e. The molecule has 0 saturated heterocycles. The lowest BCUT2D eigenvalue weighted by Gasteiger charge is -2.12. The van der Waals surface area contributed by atoms with Crippen molar-refractivity contribution in [3.8, 4) is 11.8 Å². The summed E-state index contributed by atoms with van der Waals surface area (Å²) in [7, 11) is 1.56. The third-order valence-electron chi connectivity index (χ3n) is 3.43. The van der Waals surface area contributed by atoms with Crippen molar-refractivity contribution in [2.24, 2.45) is 0 Å². The third-order valence-corrected chi connectivity index (χ3v) is 3.43. The van der Waals surface area contributed by atoms with Crippen LogP contribution in [0.2, 0.25) is 0 Å². The highest BCUT2D eigenvalue weighted by molar-refractivity contribution is 5.96. The van der Waals surface area contributed by atoms with E-state index in [1.807, 2.05) is 12.1 Å². The van der Waals surface area contributed by atoms with Crippen molar-refractivity contribution in [2.75, 3.05) is 12.4 Å². The maximum atomic E-state index is 12.1. The molecule has 0 aliphatic carbocycles. The lowest BCUT2D eigenvalue weighted by molar-refractivity contribution is -0.148. The highest BCUT2D eigenvalue weighted by Gasteiger charge is 2.16. The summed E-state index contributed by atoms with van der Waals surface area (Å²) in [6.45, 7) is 1.47. The summed E-state index contributed by atoms with van der Waals surface area (Å²) in [6.07, 6.45) is 1.84. The van der Waals surface area contributed by atoms with Gasteiger partial charge in [-0.05, 0) is 48.9 Å². The largest absolute Gasteiger partial charge is 0.497 e. The summed E-state index contributed by atoms with van der Waals surface area (Å²) >= 11 is 0. The summed E-state index contributed by atoms with van der Waals surface area (Å²) in [5.41, 5.74) is 1.66. The standard InChI is InChI=1S/C20H18N2O4/c1-14(20(24)22-17-7-3-6-16(11-17)13-21)26-19(23)10-9-15-5-4-8-18(12-15)25-2/h3-12,14H,1-2H3,(H,22,24)/b10-9+/t14-/m1/s1. The molecule has 0 fully saturated rings. The number of nitriles is 1. The van der Waals surface area contributed by atoms with Gasteiger partial charge in [-0.25, -0.2) is 4.79 Å². The smallest absolute Gasteiger partial charge is 0.331 e. The molecule has 6 heteroatoms. The van der Waals surface area contributed by atoms with Gasteiger partial charge in [-0.3, -0.25) is 4.79 Å². The number of benzene rings is 2. The van der Waals surface area contributed by atoms with Crippen LogP contribution in [0, 0.1) is 11.3 Å². The lowest BCUT2D eigenvalue weighted by Crippen LogP contribution is -2.29. The van der Waals surface area contributed by atoms with Gasteiger partial charge in [0.1, 0.15) is 5.75 Å². The zero-order valence-electron chi connectivity index (χ0n) is 14.4. The first kappa shape index (κ1) is 18.7. The second-order valence-electron chi connectivity index (χ2n) is 5.37. The van der Waals surface area contributed by atoms with Gasteiger partial charge < -0.3 is 14.8 Å². The first-order valence-electron chi connectivity index (χ1n) is 7.85. The van der Waals surface area contributed by atoms with Crippen molar-refractivity contribution in [3.63, 3.8) is 0 Å². The molecule has 0 unspecified atom stereocenters. The summed E-state index contributed by atoms with van der Waals surface area (Å²) < 4.78 is 10.2. The highest BCUT2D eigenvalue weighted by Crippen LogP contribution is 2.14. The molecular weight excluding hydrogens is 332 g/mol. The van der Waals surface area contributed by atoms with Gasteiger partial charge in [-0.2, -0.15) is 5.26 Å². The number of anilines is 1. The maximum absolute atomic E-state index is 12.1. The Hall–Kier alpha value is -3.59. The van der Waals surface area contributed by atoms with Gasteiger partial charge in [0.05, 0.1) is 18.7 Å². The van der Waals surface area contributed by atoms with Gasteiger partial charge in [0, 0.05) is 11.8 Å². The molecule has 1 atom stereocenters. The fraction of sp³-hybridized carbons (Fsp3) is 0.150. The Balaban J connectivity index is 1.92. The number of rotatable bonds is 6. The van der Waals surface area contributed by atoms with Crippen LogP contribution in [0.5, 0.6) is 5.75 Å². The predicted molar refractivity (Wildman–Crippen MR) is 97.4 cm³/mol. The van der Waals surface area contributed by atoms with Crippen molar-refractivity contribution in [2.45, 2.75) is 13.0 Å². The second-order valence-corrected chi connectivity index (χ2v) is 5.37. The molecule has 132 valence electrons. The normalized spacial score (nSPS) is 11.4. The molecule has 1 amide bonds. The summed E-state index contributed by atoms with van der Waals surface area (Å²) in [6, 6.07) is 15.6. The van der Waals surface area contributed by atoms with E-state index < -0.39 is 18.0 Å². The minimum atomic E-state index is -0.983. The van der Waals surface area contributed by atoms with E-state index in [1.165, 1.54) is 19.1 Å². The Morgan fingerprint density at radius 2 is 1.96 bits per heavy atom. The van der Waals surface area contributed by atoms with E-state index in [2.05, 4.69) is 5.32 Å². The van der Waals surface area contributed by atoms with Crippen LogP contribution >= 0.6 is 0 Å². The quantitative estimate of drug-likeness (QED) is 0.639. The van der Waals surface area contributed by atoms with Crippen LogP contribution in [0.25, 0.3) is 6.08 Å². The molecule has 2 aromatic rings. The molecule has 6 nitrogen and oxygen atoms in total. The number of carbonyl (C=O) groups is 2. The number of esters is 1. The predicted octanol–water partition coefficient (Wildman–Crippen LogP) is 3.15. The minimum Gasteiger partial charge on any atom is -0.497 e. The monoisotopic (exact) mass is 350 g/mol. The molecule has 0 bridgehead atoms. The average Bonchev–Trinajstić information content (AvgIpc) is 2.66. The van der Waals surface area contributed by atoms with Crippen molar-refractivity contribution in [1.29, 1.82) is 5.26 Å². The zero-order valence-corrected chi connectivity index (χ0v) is 14.4. The van der Waals surface area contributed by atoms with E-state index in [0.717, 1.165) is 5.56 Å². The molecular formula is C20H18N2O4. The molecule has 0 aromatic heterocycles. The van der Waals surface area contributed by atoms with Crippen molar-refractivity contribution in [3.05, 3.63) is 65.7 Å². The Labute approximate surface area is 151 Å². The molecule has 0 spiro atoms. The average molecular weight is 350 g/mol. The first-order chi connectivity index (χ1) is 12.5. The molecule has 2 rings (SSSR count). The van der Waals surface area contributed by atoms with E-state index in [-0.39, 0.29) is 0 Å². The lowest BCUT2D eigenvalue weighted by atomic mass is 10.2. The van der Waals surface area contributed by atoms with E-state index in [0.29, 0.717) is 17.0 Å². The van der Waals surface area contributed by atoms with Crippen LogP contribution in [0.3, 0.4) is 0 Å². The Kier molecular flexibility index (Phi) is 6.52. The molecule has 0 aliphatic heterocycles. The summed E-state index contributed by atoms with van der Waals surface area (Å²) in [5, 5.41) is 11.5. The molecule has 0 saturated carbocycles. The second kappa shape index (κ2) is 9.04. The number of amides is 1. The van der Waals surface area contributed by atoms with E-state index in [9.17, 15) is 9.59 Å². The molecule has 26 heavy (non-hydrogen) atoms. The Bertz CT molecular complexity index is 868. The Morgan fingerprint density at radius 1 is 1.19 bits per heavy atom. The van der Waals surface area contributed by atoms with Crippen LogP contribution < -0.4 is 10.1 Å². The number of hydrogen-bond donors (Lipinski definition) is 1. The topological polar surface area (TPSA) is 88.4 Å². The van der Waals surface area contributed by atoms with Crippen LogP contribution in [0.15, 0.2) is 54.6 Å². The molecule has 2 aromatic carbocycles. The fourth-order valence-corrected chi connectivity index (χ4v) is 2.09. The van der Waals surface area contributed by atoms with Crippen LogP contribution in [-0.2, 0) is 14.3 Å². The van der Waals surface area contributed by atoms with Gasteiger partial charge in [-0.1, -0.05) is 18.2 Å². The number of nitrogens with zero attached hydrogens (tertiary/aromatic N) is 1. The number of carbonyl (C=O) groups excluding carboxylic acids is 2. The summed E-state index contributed by atoms with van der Waals surface area (Å²) in [5.74, 6) is -0.447. The van der Waals surface area contributed by atoms with Crippen molar-refractivity contribution >= 4 is 23.6 Å². The van der Waals surface area contributed by atoms with Crippen LogP contribution in [0.4, 0.5) is 5.69 Å². The van der Waals surface area contributed by atoms with E-state index >= 15 is 0 Å². The van der Waals surface area contributed by atoms with Gasteiger partial charge in [-0.15, -0.1) is 0 Å². The highest BCUT2D eigenvalue weighted by atomic mass is 16.5. The minimum absolute atomic E-state index is 0.425. The van der Waals surface area contributed by atoms with Crippen LogP contribution in [-0.4, -0.2) is 25.1 Å². The summed E-state index contributed by atoms with van der Waals surface area (Å²) in [4.78, 5) is 24.0. The molecule has 0 aliphatic rings. The number of ether oxygens (including phenoxy) is 2. The van der Waals surface area contributed by atoms with Crippen molar-refractivity contribution in [1.82, 2.24) is 0 Å². The number of methoxy groups -OCH3 is 1. The number of hydrogen-bond acceptors (Lipinski definition) is 5. The van der Waals surface area contributed by atoms with Crippen LogP contribution in [0.1, 0.15) is 18.1 Å². The van der Waals surface area contributed by atoms with E-state index in [4.69, 9.17) is 14.7 Å². The first-order valence-corrected chi connectivity index (χ1v) is 7.85. The zero-order chi connectivity index (χ0) is 18.9. The van der Waals surface area contributed by atoms with Gasteiger partial charge in [0.25, 0.3) is 5.91 Å². The SMILES string of the molecule is COc1cccc(/C=C/C(=O)O[C@H](C)C(=O)Nc2cccc(C#N)c2)c1. The third kappa shape index (κ3) is 5.49. The molecule has 1 N–H and O–H groups in total. The van der Waals surface area contributed by atoms with Gasteiger partial charge in [0.15, 0.2) is 6.10 Å². The van der Waals surface area contributed by atoms with Gasteiger partial charge >= 0.3 is 5.97 Å². The molecule has 0 radical (unpaired) electrons. The fourth-order valence-electron chi connectivity index (χ4n) is 2.09. The van der Waals surface area contributed by atoms with Crippen molar-refractivity contribution < 1.29 is 19.1 Å².